The number of nitrogens with one attached hydrogen (secondary N) is 1. The lowest BCUT2D eigenvalue weighted by molar-refractivity contribution is 0.493. The highest BCUT2D eigenvalue weighted by Crippen LogP contribution is 2.25. The smallest absolute Gasteiger partial charge is 0.0847 e. The minimum absolute atomic E-state index is 0.157. The number of hydrogen-bond acceptors (Lipinski definition) is 3. The molecule has 2 aromatic heterocycles. The quantitative estimate of drug-likeness (QED) is 0.851. The van der Waals surface area contributed by atoms with Crippen molar-refractivity contribution in [3.05, 3.63) is 46.5 Å². The molecule has 1 atom stereocenters. The van der Waals surface area contributed by atoms with Gasteiger partial charge < -0.3 is 5.32 Å². The fourth-order valence-corrected chi connectivity index (χ4v) is 2.65. The molecule has 0 spiro atoms. The van der Waals surface area contributed by atoms with Crippen LogP contribution in [-0.2, 0) is 13.0 Å². The van der Waals surface area contributed by atoms with Crippen LogP contribution in [0.2, 0.25) is 5.02 Å². The molecule has 5 heteroatoms. The summed E-state index contributed by atoms with van der Waals surface area (Å²) >= 11 is 6.43. The molecule has 2 heterocycles. The van der Waals surface area contributed by atoms with Crippen LogP contribution in [0.25, 0.3) is 0 Å². The molecule has 1 unspecified atom stereocenters. The van der Waals surface area contributed by atoms with Crippen molar-refractivity contribution < 1.29 is 0 Å². The number of pyridine rings is 1. The first-order valence-electron chi connectivity index (χ1n) is 7.53. The molecule has 0 fully saturated rings. The zero-order valence-corrected chi connectivity index (χ0v) is 13.7. The van der Waals surface area contributed by atoms with Gasteiger partial charge in [0, 0.05) is 19.2 Å². The van der Waals surface area contributed by atoms with Crippen LogP contribution in [-0.4, -0.2) is 21.3 Å². The van der Waals surface area contributed by atoms with E-state index in [4.69, 9.17) is 11.6 Å². The summed E-state index contributed by atoms with van der Waals surface area (Å²) < 4.78 is 1.99. The summed E-state index contributed by atoms with van der Waals surface area (Å²) in [6.07, 6.45) is 3.72. The third-order valence-electron chi connectivity index (χ3n) is 3.54. The van der Waals surface area contributed by atoms with Gasteiger partial charge in [0.1, 0.15) is 0 Å². The Morgan fingerprint density at radius 2 is 2.14 bits per heavy atom. The van der Waals surface area contributed by atoms with Gasteiger partial charge in [-0.25, -0.2) is 0 Å². The maximum Gasteiger partial charge on any atom is 0.0847 e. The summed E-state index contributed by atoms with van der Waals surface area (Å²) in [5.74, 6) is 0. The second kappa shape index (κ2) is 7.57. The molecule has 2 rings (SSSR count). The summed E-state index contributed by atoms with van der Waals surface area (Å²) in [5.41, 5.74) is 3.02. The fourth-order valence-electron chi connectivity index (χ4n) is 2.44. The van der Waals surface area contributed by atoms with Crippen LogP contribution in [0.15, 0.2) is 24.4 Å². The van der Waals surface area contributed by atoms with Crippen molar-refractivity contribution in [3.8, 4) is 0 Å². The van der Waals surface area contributed by atoms with Gasteiger partial charge in [-0.2, -0.15) is 5.10 Å². The lowest BCUT2D eigenvalue weighted by atomic mass is 10.1. The molecule has 0 aliphatic rings. The monoisotopic (exact) mass is 306 g/mol. The normalized spacial score (nSPS) is 12.6. The van der Waals surface area contributed by atoms with Crippen molar-refractivity contribution in [2.75, 3.05) is 6.54 Å². The minimum Gasteiger partial charge on any atom is -0.308 e. The number of aromatic nitrogens is 3. The van der Waals surface area contributed by atoms with E-state index in [9.17, 15) is 0 Å². The Kier molecular flexibility index (Phi) is 5.76. The molecule has 1 N–H and O–H groups in total. The number of rotatable bonds is 7. The highest BCUT2D eigenvalue weighted by Gasteiger charge is 2.19. The molecule has 0 aliphatic carbocycles. The summed E-state index contributed by atoms with van der Waals surface area (Å²) in [6, 6.07) is 6.17. The Morgan fingerprint density at radius 3 is 2.76 bits per heavy atom. The zero-order valence-electron chi connectivity index (χ0n) is 12.9. The van der Waals surface area contributed by atoms with Crippen LogP contribution >= 0.6 is 11.6 Å². The van der Waals surface area contributed by atoms with Crippen molar-refractivity contribution in [2.45, 2.75) is 46.2 Å². The number of aryl methyl sites for hydroxylation is 2. The molecule has 0 saturated carbocycles. The first-order chi connectivity index (χ1) is 10.2. The van der Waals surface area contributed by atoms with E-state index in [1.54, 1.807) is 0 Å². The second-order valence-corrected chi connectivity index (χ2v) is 5.51. The highest BCUT2D eigenvalue weighted by molar-refractivity contribution is 6.31. The molecular formula is C16H23ClN4. The Hall–Kier alpha value is -1.39. The molecule has 0 aromatic carbocycles. The third kappa shape index (κ3) is 3.83. The summed E-state index contributed by atoms with van der Waals surface area (Å²) in [7, 11) is 0. The molecule has 2 aromatic rings. The lowest BCUT2D eigenvalue weighted by Gasteiger charge is -2.18. The standard InChI is InChI=1S/C16H23ClN4/c1-4-9-18-14(13-8-6-7-10-19-13)11-15-16(17)12(3)20-21(15)5-2/h6-8,10,14,18H,4-5,9,11H2,1-3H3. The van der Waals surface area contributed by atoms with Gasteiger partial charge in [-0.15, -0.1) is 0 Å². The Balaban J connectivity index is 2.27. The van der Waals surface area contributed by atoms with E-state index in [1.807, 2.05) is 29.9 Å². The predicted octanol–water partition coefficient (Wildman–Crippen LogP) is 3.54. The van der Waals surface area contributed by atoms with Crippen LogP contribution in [0.1, 0.15) is 43.4 Å². The summed E-state index contributed by atoms with van der Waals surface area (Å²) in [5, 5.41) is 8.83. The number of hydrogen-bond donors (Lipinski definition) is 1. The van der Waals surface area contributed by atoms with Gasteiger partial charge in [-0.1, -0.05) is 24.6 Å². The van der Waals surface area contributed by atoms with Crippen molar-refractivity contribution in [1.29, 1.82) is 0 Å². The maximum absolute atomic E-state index is 6.43. The van der Waals surface area contributed by atoms with Crippen molar-refractivity contribution in [1.82, 2.24) is 20.1 Å². The second-order valence-electron chi connectivity index (χ2n) is 5.13. The van der Waals surface area contributed by atoms with E-state index >= 15 is 0 Å². The first-order valence-corrected chi connectivity index (χ1v) is 7.91. The van der Waals surface area contributed by atoms with Crippen LogP contribution in [0, 0.1) is 6.92 Å². The Bertz CT molecular complexity index is 565. The lowest BCUT2D eigenvalue weighted by Crippen LogP contribution is -2.26. The van der Waals surface area contributed by atoms with Crippen molar-refractivity contribution in [3.63, 3.8) is 0 Å². The SMILES string of the molecule is CCCNC(Cc1c(Cl)c(C)nn1CC)c1ccccn1. The Morgan fingerprint density at radius 1 is 1.33 bits per heavy atom. The van der Waals surface area contributed by atoms with Gasteiger partial charge in [0.15, 0.2) is 0 Å². The van der Waals surface area contributed by atoms with E-state index in [-0.39, 0.29) is 6.04 Å². The van der Waals surface area contributed by atoms with Gasteiger partial charge in [-0.05, 0) is 38.9 Å². The van der Waals surface area contributed by atoms with Crippen molar-refractivity contribution >= 4 is 11.6 Å². The fraction of sp³-hybridized carbons (Fsp3) is 0.500. The van der Waals surface area contributed by atoms with E-state index in [0.717, 1.165) is 48.0 Å². The van der Waals surface area contributed by atoms with Gasteiger partial charge in [0.2, 0.25) is 0 Å². The average molecular weight is 307 g/mol. The largest absolute Gasteiger partial charge is 0.308 e. The minimum atomic E-state index is 0.157. The van der Waals surface area contributed by atoms with Crippen LogP contribution < -0.4 is 5.32 Å². The van der Waals surface area contributed by atoms with E-state index in [0.29, 0.717) is 0 Å². The van der Waals surface area contributed by atoms with Crippen LogP contribution in [0.3, 0.4) is 0 Å². The maximum atomic E-state index is 6.43. The Labute approximate surface area is 131 Å². The van der Waals surface area contributed by atoms with Gasteiger partial charge >= 0.3 is 0 Å². The van der Waals surface area contributed by atoms with Crippen LogP contribution in [0.4, 0.5) is 0 Å². The van der Waals surface area contributed by atoms with Crippen molar-refractivity contribution in [2.24, 2.45) is 0 Å². The zero-order chi connectivity index (χ0) is 15.2. The molecule has 0 amide bonds. The average Bonchev–Trinajstić information content (AvgIpc) is 2.79. The summed E-state index contributed by atoms with van der Waals surface area (Å²) in [4.78, 5) is 4.48. The number of nitrogens with zero attached hydrogens (tertiary/aromatic N) is 3. The molecule has 0 saturated heterocycles. The third-order valence-corrected chi connectivity index (χ3v) is 4.03. The van der Waals surface area contributed by atoms with Gasteiger partial charge in [0.05, 0.1) is 28.1 Å². The summed E-state index contributed by atoms with van der Waals surface area (Å²) in [6.45, 7) is 7.98. The van der Waals surface area contributed by atoms with E-state index in [2.05, 4.69) is 35.3 Å². The van der Waals surface area contributed by atoms with E-state index < -0.39 is 0 Å². The molecular weight excluding hydrogens is 284 g/mol. The predicted molar refractivity (Wildman–Crippen MR) is 86.6 cm³/mol. The molecule has 114 valence electrons. The molecule has 21 heavy (non-hydrogen) atoms. The van der Waals surface area contributed by atoms with Crippen LogP contribution in [0.5, 0.6) is 0 Å². The first kappa shape index (κ1) is 16.0. The van der Waals surface area contributed by atoms with Gasteiger partial charge in [-0.3, -0.25) is 9.67 Å². The topological polar surface area (TPSA) is 42.7 Å². The molecule has 0 bridgehead atoms. The van der Waals surface area contributed by atoms with E-state index in [1.165, 1.54) is 0 Å². The highest BCUT2D eigenvalue weighted by atomic mass is 35.5. The molecule has 0 aliphatic heterocycles. The molecule has 4 nitrogen and oxygen atoms in total. The van der Waals surface area contributed by atoms with Gasteiger partial charge in [0.25, 0.3) is 0 Å². The molecule has 0 radical (unpaired) electrons. The number of halogens is 1.